The first kappa shape index (κ1) is 17.8. The number of hydrogen-bond acceptors (Lipinski definition) is 3. The number of unbranched alkanes of at least 4 members (excludes halogenated alkanes) is 5. The predicted octanol–water partition coefficient (Wildman–Crippen LogP) is 3.88. The predicted molar refractivity (Wildman–Crippen MR) is 87.5 cm³/mol. The maximum Gasteiger partial charge on any atom is 0.307 e. The van der Waals surface area contributed by atoms with Gasteiger partial charge in [0.2, 0.25) is 0 Å². The second-order valence-corrected chi connectivity index (χ2v) is 7.08. The monoisotopic (exact) mass is 301 g/mol. The Labute approximate surface area is 128 Å². The molecule has 1 N–H and O–H groups in total. The number of carbonyl (C=O) groups is 1. The first-order valence-corrected chi connectivity index (χ1v) is 9.42. The summed E-state index contributed by atoms with van der Waals surface area (Å²) < 4.78 is 0. The smallest absolute Gasteiger partial charge is 0.307 e. The summed E-state index contributed by atoms with van der Waals surface area (Å²) in [4.78, 5) is 13.3. The number of nitrogens with zero attached hydrogens (tertiary/aromatic N) is 1. The van der Waals surface area contributed by atoms with Crippen molar-refractivity contribution >= 4 is 17.7 Å². The Morgan fingerprint density at radius 2 is 1.95 bits per heavy atom. The van der Waals surface area contributed by atoms with E-state index in [1.807, 2.05) is 11.8 Å². The van der Waals surface area contributed by atoms with Crippen LogP contribution in [0, 0.1) is 5.92 Å². The van der Waals surface area contributed by atoms with Crippen LogP contribution in [-0.4, -0.2) is 47.1 Å². The molecule has 1 aliphatic rings. The molecule has 1 saturated heterocycles. The summed E-state index contributed by atoms with van der Waals surface area (Å²) in [7, 11) is 0. The molecular weight excluding hydrogens is 270 g/mol. The average Bonchev–Trinajstić information content (AvgIpc) is 2.46. The molecule has 1 heterocycles. The Bertz CT molecular complexity index is 261. The van der Waals surface area contributed by atoms with Gasteiger partial charge in [0, 0.05) is 18.8 Å². The lowest BCUT2D eigenvalue weighted by Crippen LogP contribution is -2.39. The molecule has 118 valence electrons. The summed E-state index contributed by atoms with van der Waals surface area (Å²) in [5.74, 6) is 1.67. The highest BCUT2D eigenvalue weighted by Gasteiger charge is 2.24. The minimum absolute atomic E-state index is 0.132. The molecule has 3 nitrogen and oxygen atoms in total. The van der Waals surface area contributed by atoms with Crippen molar-refractivity contribution in [3.63, 3.8) is 0 Å². The molecule has 20 heavy (non-hydrogen) atoms. The Morgan fingerprint density at radius 1 is 1.20 bits per heavy atom. The summed E-state index contributed by atoms with van der Waals surface area (Å²) in [6, 6.07) is 0. The van der Waals surface area contributed by atoms with E-state index in [-0.39, 0.29) is 5.92 Å². The highest BCUT2D eigenvalue weighted by Crippen LogP contribution is 2.17. The zero-order valence-electron chi connectivity index (χ0n) is 13.0. The number of carboxylic acids is 1. The fourth-order valence-corrected chi connectivity index (χ4v) is 3.74. The van der Waals surface area contributed by atoms with Crippen molar-refractivity contribution in [2.75, 3.05) is 31.1 Å². The van der Waals surface area contributed by atoms with Gasteiger partial charge >= 0.3 is 5.97 Å². The quantitative estimate of drug-likeness (QED) is 0.588. The summed E-state index contributed by atoms with van der Waals surface area (Å²) in [6.45, 7) is 5.16. The standard InChI is InChI=1S/C16H31NO2S/c1-2-3-4-5-6-7-12-20-13-11-17-10-8-9-15(14-17)16(18)19/h15H,2-14H2,1H3,(H,18,19). The summed E-state index contributed by atoms with van der Waals surface area (Å²) in [5.41, 5.74) is 0. The number of piperidine rings is 1. The fourth-order valence-electron chi connectivity index (χ4n) is 2.74. The molecule has 0 radical (unpaired) electrons. The third kappa shape index (κ3) is 8.15. The molecular formula is C16H31NO2S. The van der Waals surface area contributed by atoms with E-state index in [1.54, 1.807) is 0 Å². The van der Waals surface area contributed by atoms with Crippen LogP contribution >= 0.6 is 11.8 Å². The number of likely N-dealkylation sites (tertiary alicyclic amines) is 1. The summed E-state index contributed by atoms with van der Waals surface area (Å²) in [5, 5.41) is 9.05. The summed E-state index contributed by atoms with van der Waals surface area (Å²) in [6.07, 6.45) is 10.1. The van der Waals surface area contributed by atoms with Crippen LogP contribution in [0.3, 0.4) is 0 Å². The Morgan fingerprint density at radius 3 is 2.70 bits per heavy atom. The van der Waals surface area contributed by atoms with Crippen molar-refractivity contribution in [2.45, 2.75) is 58.3 Å². The molecule has 0 aromatic carbocycles. The van der Waals surface area contributed by atoms with E-state index in [9.17, 15) is 4.79 Å². The van der Waals surface area contributed by atoms with Crippen LogP contribution in [0.4, 0.5) is 0 Å². The van der Waals surface area contributed by atoms with Gasteiger partial charge in [-0.25, -0.2) is 0 Å². The van der Waals surface area contributed by atoms with Crippen molar-refractivity contribution < 1.29 is 9.90 Å². The van der Waals surface area contributed by atoms with Crippen molar-refractivity contribution in [1.29, 1.82) is 0 Å². The van der Waals surface area contributed by atoms with E-state index in [4.69, 9.17) is 5.11 Å². The molecule has 0 spiro atoms. The van der Waals surface area contributed by atoms with E-state index in [0.29, 0.717) is 0 Å². The van der Waals surface area contributed by atoms with Gasteiger partial charge in [-0.3, -0.25) is 4.79 Å². The lowest BCUT2D eigenvalue weighted by molar-refractivity contribution is -0.143. The third-order valence-corrected chi connectivity index (χ3v) is 5.10. The van der Waals surface area contributed by atoms with Crippen molar-refractivity contribution in [3.05, 3.63) is 0 Å². The van der Waals surface area contributed by atoms with Gasteiger partial charge in [0.1, 0.15) is 0 Å². The maximum absolute atomic E-state index is 11.0. The van der Waals surface area contributed by atoms with Gasteiger partial charge in [-0.2, -0.15) is 11.8 Å². The van der Waals surface area contributed by atoms with Gasteiger partial charge in [-0.15, -0.1) is 0 Å². The van der Waals surface area contributed by atoms with Crippen LogP contribution in [0.25, 0.3) is 0 Å². The van der Waals surface area contributed by atoms with E-state index in [0.717, 1.165) is 38.2 Å². The van der Waals surface area contributed by atoms with Gasteiger partial charge in [0.05, 0.1) is 5.92 Å². The lowest BCUT2D eigenvalue weighted by Gasteiger charge is -2.30. The second-order valence-electron chi connectivity index (χ2n) is 5.86. The topological polar surface area (TPSA) is 40.5 Å². The maximum atomic E-state index is 11.0. The Kier molecular flexibility index (Phi) is 10.2. The molecule has 0 aromatic rings. The zero-order chi connectivity index (χ0) is 14.6. The molecule has 1 unspecified atom stereocenters. The van der Waals surface area contributed by atoms with Crippen LogP contribution in [0.5, 0.6) is 0 Å². The third-order valence-electron chi connectivity index (χ3n) is 4.05. The van der Waals surface area contributed by atoms with Gasteiger partial charge in [0.15, 0.2) is 0 Å². The highest BCUT2D eigenvalue weighted by molar-refractivity contribution is 7.99. The Hall–Kier alpha value is -0.220. The molecule has 0 saturated carbocycles. The number of rotatable bonds is 11. The second kappa shape index (κ2) is 11.4. The van der Waals surface area contributed by atoms with Crippen LogP contribution in [0.15, 0.2) is 0 Å². The number of carboxylic acid groups (broad SMARTS) is 1. The van der Waals surface area contributed by atoms with Crippen LogP contribution < -0.4 is 0 Å². The molecule has 1 atom stereocenters. The fraction of sp³-hybridized carbons (Fsp3) is 0.938. The van der Waals surface area contributed by atoms with Gasteiger partial charge < -0.3 is 10.0 Å². The van der Waals surface area contributed by atoms with E-state index in [1.165, 1.54) is 44.3 Å². The average molecular weight is 301 g/mol. The van der Waals surface area contributed by atoms with E-state index in [2.05, 4.69) is 11.8 Å². The minimum atomic E-state index is -0.616. The molecule has 0 aliphatic carbocycles. The van der Waals surface area contributed by atoms with Crippen molar-refractivity contribution in [2.24, 2.45) is 5.92 Å². The molecule has 1 fully saturated rings. The first-order chi connectivity index (χ1) is 9.74. The number of aliphatic carboxylic acids is 1. The highest BCUT2D eigenvalue weighted by atomic mass is 32.2. The minimum Gasteiger partial charge on any atom is -0.481 e. The van der Waals surface area contributed by atoms with Crippen LogP contribution in [-0.2, 0) is 4.79 Å². The SMILES string of the molecule is CCCCCCCCSCCN1CCCC(C(=O)O)C1. The zero-order valence-corrected chi connectivity index (χ0v) is 13.8. The van der Waals surface area contributed by atoms with E-state index >= 15 is 0 Å². The van der Waals surface area contributed by atoms with E-state index < -0.39 is 5.97 Å². The lowest BCUT2D eigenvalue weighted by atomic mass is 9.98. The largest absolute Gasteiger partial charge is 0.481 e. The molecule has 1 rings (SSSR count). The van der Waals surface area contributed by atoms with Crippen molar-refractivity contribution in [1.82, 2.24) is 4.90 Å². The van der Waals surface area contributed by atoms with Gasteiger partial charge in [-0.1, -0.05) is 39.0 Å². The molecule has 0 bridgehead atoms. The van der Waals surface area contributed by atoms with Crippen LogP contribution in [0.2, 0.25) is 0 Å². The van der Waals surface area contributed by atoms with Crippen molar-refractivity contribution in [3.8, 4) is 0 Å². The molecule has 0 aromatic heterocycles. The Balaban J connectivity index is 1.92. The summed E-state index contributed by atoms with van der Waals surface area (Å²) >= 11 is 2.03. The number of thioether (sulfide) groups is 1. The number of hydrogen-bond donors (Lipinski definition) is 1. The molecule has 1 aliphatic heterocycles. The normalized spacial score (nSPS) is 20.1. The van der Waals surface area contributed by atoms with Gasteiger partial charge in [-0.05, 0) is 31.6 Å². The van der Waals surface area contributed by atoms with Crippen LogP contribution in [0.1, 0.15) is 58.3 Å². The van der Waals surface area contributed by atoms with Gasteiger partial charge in [0.25, 0.3) is 0 Å². The molecule has 4 heteroatoms. The first-order valence-electron chi connectivity index (χ1n) is 8.27. The molecule has 0 amide bonds.